The van der Waals surface area contributed by atoms with E-state index >= 15 is 0 Å². The molecule has 126 valence electrons. The molecule has 0 aliphatic rings. The Bertz CT molecular complexity index is 585. The Morgan fingerprint density at radius 3 is 2.78 bits per heavy atom. The van der Waals surface area contributed by atoms with Crippen LogP contribution in [0.25, 0.3) is 10.9 Å². The summed E-state index contributed by atoms with van der Waals surface area (Å²) < 4.78 is 5.59. The second-order valence-corrected chi connectivity index (χ2v) is 6.03. The quantitative estimate of drug-likeness (QED) is 0.399. The molecule has 0 aliphatic heterocycles. The largest absolute Gasteiger partial charge is 0.380 e. The number of rotatable bonds is 8. The van der Waals surface area contributed by atoms with Gasteiger partial charge in [0.05, 0.1) is 13.2 Å². The summed E-state index contributed by atoms with van der Waals surface area (Å²) in [7, 11) is 1.78. The van der Waals surface area contributed by atoms with Crippen LogP contribution in [0.3, 0.4) is 0 Å². The Hall–Kier alpha value is -2.01. The molecule has 1 aromatic carbocycles. The maximum Gasteiger partial charge on any atom is 0.191 e. The number of aromatic amines is 1. The van der Waals surface area contributed by atoms with Crippen molar-refractivity contribution < 1.29 is 4.74 Å². The summed E-state index contributed by atoms with van der Waals surface area (Å²) in [6, 6.07) is 10.4. The van der Waals surface area contributed by atoms with E-state index in [0.29, 0.717) is 19.1 Å². The summed E-state index contributed by atoms with van der Waals surface area (Å²) in [5.41, 5.74) is 2.30. The molecular weight excluding hydrogens is 288 g/mol. The van der Waals surface area contributed by atoms with Crippen molar-refractivity contribution in [2.45, 2.75) is 26.8 Å². The smallest absolute Gasteiger partial charge is 0.191 e. The van der Waals surface area contributed by atoms with Crippen LogP contribution in [0.4, 0.5) is 0 Å². The van der Waals surface area contributed by atoms with Crippen LogP contribution in [0.15, 0.2) is 35.3 Å². The van der Waals surface area contributed by atoms with Crippen LogP contribution in [0, 0.1) is 5.92 Å². The molecule has 0 unspecified atom stereocenters. The topological polar surface area (TPSA) is 61.4 Å². The van der Waals surface area contributed by atoms with Crippen LogP contribution in [0.2, 0.25) is 0 Å². The number of aliphatic imine (C=N–C) groups is 1. The van der Waals surface area contributed by atoms with Crippen molar-refractivity contribution in [3.8, 4) is 0 Å². The monoisotopic (exact) mass is 316 g/mol. The molecular formula is C18H28N4O. The summed E-state index contributed by atoms with van der Waals surface area (Å²) in [5.74, 6) is 1.48. The van der Waals surface area contributed by atoms with Gasteiger partial charge >= 0.3 is 0 Å². The highest BCUT2D eigenvalue weighted by molar-refractivity contribution is 5.81. The molecule has 1 aromatic heterocycles. The zero-order valence-electron chi connectivity index (χ0n) is 14.4. The van der Waals surface area contributed by atoms with E-state index in [1.54, 1.807) is 7.05 Å². The van der Waals surface area contributed by atoms with Crippen LogP contribution < -0.4 is 10.6 Å². The zero-order valence-corrected chi connectivity index (χ0v) is 14.4. The minimum atomic E-state index is 0.689. The molecule has 2 aromatic rings. The Morgan fingerprint density at radius 2 is 2.04 bits per heavy atom. The fraction of sp³-hybridized carbons (Fsp3) is 0.500. The molecule has 0 atom stereocenters. The van der Waals surface area contributed by atoms with E-state index in [0.717, 1.165) is 36.7 Å². The summed E-state index contributed by atoms with van der Waals surface area (Å²) in [6.45, 7) is 7.39. The number of nitrogens with one attached hydrogen (secondary N) is 3. The minimum absolute atomic E-state index is 0.689. The molecule has 0 saturated heterocycles. The van der Waals surface area contributed by atoms with Crippen LogP contribution in [0.5, 0.6) is 0 Å². The maximum atomic E-state index is 5.59. The fourth-order valence-corrected chi connectivity index (χ4v) is 2.29. The number of hydrogen-bond acceptors (Lipinski definition) is 2. The van der Waals surface area contributed by atoms with Gasteiger partial charge in [-0.25, -0.2) is 0 Å². The van der Waals surface area contributed by atoms with Gasteiger partial charge in [-0.3, -0.25) is 4.99 Å². The number of hydrogen-bond donors (Lipinski definition) is 3. The van der Waals surface area contributed by atoms with Crippen LogP contribution in [-0.4, -0.2) is 37.7 Å². The van der Waals surface area contributed by atoms with Crippen molar-refractivity contribution in [2.75, 3.05) is 26.8 Å². The second-order valence-electron chi connectivity index (χ2n) is 6.03. The van der Waals surface area contributed by atoms with E-state index in [-0.39, 0.29) is 0 Å². The molecule has 0 saturated carbocycles. The highest BCUT2D eigenvalue weighted by atomic mass is 16.5. The summed E-state index contributed by atoms with van der Waals surface area (Å²) in [5, 5.41) is 7.80. The highest BCUT2D eigenvalue weighted by Crippen LogP contribution is 2.14. The number of nitrogens with zero attached hydrogens (tertiary/aromatic N) is 1. The molecule has 23 heavy (non-hydrogen) atoms. The Labute approximate surface area is 138 Å². The lowest BCUT2D eigenvalue weighted by molar-refractivity contribution is 0.128. The Morgan fingerprint density at radius 1 is 1.22 bits per heavy atom. The predicted octanol–water partition coefficient (Wildman–Crippen LogP) is 2.90. The molecule has 0 fully saturated rings. The van der Waals surface area contributed by atoms with Gasteiger partial charge < -0.3 is 20.4 Å². The third-order valence-electron chi connectivity index (χ3n) is 3.63. The third kappa shape index (κ3) is 5.94. The van der Waals surface area contributed by atoms with Gasteiger partial charge in [-0.15, -0.1) is 0 Å². The van der Waals surface area contributed by atoms with Crippen molar-refractivity contribution in [1.29, 1.82) is 0 Å². The molecule has 0 spiro atoms. The fourth-order valence-electron chi connectivity index (χ4n) is 2.29. The first-order valence-electron chi connectivity index (χ1n) is 8.28. The van der Waals surface area contributed by atoms with Crippen LogP contribution in [-0.2, 0) is 11.3 Å². The Kier molecular flexibility index (Phi) is 6.94. The van der Waals surface area contributed by atoms with Crippen molar-refractivity contribution >= 4 is 16.9 Å². The van der Waals surface area contributed by atoms with Gasteiger partial charge in [-0.05, 0) is 29.9 Å². The minimum Gasteiger partial charge on any atom is -0.380 e. The first-order valence-corrected chi connectivity index (χ1v) is 8.28. The number of aromatic nitrogens is 1. The lowest BCUT2D eigenvalue weighted by atomic mass is 10.1. The molecule has 5 heteroatoms. The van der Waals surface area contributed by atoms with Crippen molar-refractivity contribution in [3.63, 3.8) is 0 Å². The van der Waals surface area contributed by atoms with E-state index in [9.17, 15) is 0 Å². The number of ether oxygens (including phenoxy) is 1. The van der Waals surface area contributed by atoms with E-state index in [2.05, 4.69) is 52.7 Å². The first-order chi connectivity index (χ1) is 11.2. The standard InChI is InChI=1S/C18H28N4O/c1-14(2)8-10-23-11-9-20-18(19-3)21-13-16-12-15-6-4-5-7-17(15)22-16/h4-7,12,14,22H,8-11,13H2,1-3H3,(H2,19,20,21). The van der Waals surface area contributed by atoms with Crippen molar-refractivity contribution in [3.05, 3.63) is 36.0 Å². The molecule has 5 nitrogen and oxygen atoms in total. The maximum absolute atomic E-state index is 5.59. The SMILES string of the molecule is CN=C(NCCOCCC(C)C)NCc1cc2ccccc2[nH]1. The highest BCUT2D eigenvalue weighted by Gasteiger charge is 2.02. The van der Waals surface area contributed by atoms with Gasteiger partial charge in [-0.1, -0.05) is 32.0 Å². The van der Waals surface area contributed by atoms with Crippen molar-refractivity contribution in [1.82, 2.24) is 15.6 Å². The lowest BCUT2D eigenvalue weighted by Gasteiger charge is -2.12. The van der Waals surface area contributed by atoms with Crippen LogP contribution >= 0.6 is 0 Å². The summed E-state index contributed by atoms with van der Waals surface area (Å²) in [4.78, 5) is 7.63. The molecule has 0 bridgehead atoms. The third-order valence-corrected chi connectivity index (χ3v) is 3.63. The molecule has 0 radical (unpaired) electrons. The molecule has 0 amide bonds. The Balaban J connectivity index is 1.68. The second kappa shape index (κ2) is 9.20. The molecule has 3 N–H and O–H groups in total. The average Bonchev–Trinajstić information content (AvgIpc) is 2.96. The van der Waals surface area contributed by atoms with Gasteiger partial charge in [0.25, 0.3) is 0 Å². The molecule has 0 aliphatic carbocycles. The summed E-state index contributed by atoms with van der Waals surface area (Å²) >= 11 is 0. The normalized spacial score (nSPS) is 12.1. The van der Waals surface area contributed by atoms with Gasteiger partial charge in [0.1, 0.15) is 0 Å². The number of guanidine groups is 1. The van der Waals surface area contributed by atoms with Gasteiger partial charge in [0, 0.05) is 31.4 Å². The van der Waals surface area contributed by atoms with Gasteiger partial charge in [0.2, 0.25) is 0 Å². The summed E-state index contributed by atoms with van der Waals surface area (Å²) in [6.07, 6.45) is 1.10. The lowest BCUT2D eigenvalue weighted by Crippen LogP contribution is -2.38. The first kappa shape index (κ1) is 17.3. The van der Waals surface area contributed by atoms with Gasteiger partial charge in [-0.2, -0.15) is 0 Å². The number of benzene rings is 1. The number of H-pyrrole nitrogens is 1. The van der Waals surface area contributed by atoms with E-state index in [4.69, 9.17) is 4.74 Å². The average molecular weight is 316 g/mol. The van der Waals surface area contributed by atoms with Gasteiger partial charge in [0.15, 0.2) is 5.96 Å². The molecule has 1 heterocycles. The predicted molar refractivity (Wildman–Crippen MR) is 96.8 cm³/mol. The van der Waals surface area contributed by atoms with E-state index in [1.807, 2.05) is 12.1 Å². The molecule has 2 rings (SSSR count). The van der Waals surface area contributed by atoms with E-state index < -0.39 is 0 Å². The number of fused-ring (bicyclic) bond motifs is 1. The van der Waals surface area contributed by atoms with E-state index in [1.165, 1.54) is 5.39 Å². The number of para-hydroxylation sites is 1. The zero-order chi connectivity index (χ0) is 16.5. The van der Waals surface area contributed by atoms with Crippen molar-refractivity contribution in [2.24, 2.45) is 10.9 Å². The van der Waals surface area contributed by atoms with Crippen LogP contribution in [0.1, 0.15) is 26.0 Å².